The molecule has 138 valence electrons. The van der Waals surface area contributed by atoms with Gasteiger partial charge in [0.05, 0.1) is 32.9 Å². The van der Waals surface area contributed by atoms with Gasteiger partial charge < -0.3 is 25.0 Å². The largest absolute Gasteiger partial charge is 0.494 e. The number of ether oxygens (including phenoxy) is 2. The molecule has 1 fully saturated rings. The Kier molecular flexibility index (Phi) is 8.67. The van der Waals surface area contributed by atoms with E-state index in [0.717, 1.165) is 50.8 Å². The number of quaternary nitrogens is 1. The van der Waals surface area contributed by atoms with Gasteiger partial charge in [-0.2, -0.15) is 0 Å². The van der Waals surface area contributed by atoms with Gasteiger partial charge in [-0.15, -0.1) is 0 Å². The number of anilines is 1. The number of hydrogen-bond acceptors (Lipinski definition) is 4. The molecule has 0 aromatic heterocycles. The molecule has 0 radical (unpaired) electrons. The summed E-state index contributed by atoms with van der Waals surface area (Å²) in [6.45, 7) is 8.20. The number of morpholine rings is 1. The predicted molar refractivity (Wildman–Crippen MR) is 107 cm³/mol. The number of hydrogen-bond donors (Lipinski definition) is 5. The van der Waals surface area contributed by atoms with Gasteiger partial charge in [-0.1, -0.05) is 0 Å². The SMILES string of the molecule is CCOc1ccc(NC(=S)NNC(=S)NCC[NH+]2CCOCC2)cc1. The molecule has 0 amide bonds. The molecule has 25 heavy (non-hydrogen) atoms. The minimum absolute atomic E-state index is 0.437. The Hall–Kier alpha value is -1.68. The van der Waals surface area contributed by atoms with Crippen molar-refractivity contribution >= 4 is 40.3 Å². The van der Waals surface area contributed by atoms with Crippen molar-refractivity contribution in [2.45, 2.75) is 6.92 Å². The minimum atomic E-state index is 0.437. The smallest absolute Gasteiger partial charge is 0.189 e. The number of thiocarbonyl (C=S) groups is 2. The highest BCUT2D eigenvalue weighted by molar-refractivity contribution is 7.80. The first-order chi connectivity index (χ1) is 12.2. The first-order valence-electron chi connectivity index (χ1n) is 8.42. The summed E-state index contributed by atoms with van der Waals surface area (Å²) in [4.78, 5) is 1.53. The lowest BCUT2D eigenvalue weighted by molar-refractivity contribution is -0.906. The molecule has 0 saturated carbocycles. The molecule has 1 heterocycles. The van der Waals surface area contributed by atoms with Crippen molar-refractivity contribution in [3.05, 3.63) is 24.3 Å². The van der Waals surface area contributed by atoms with Crippen LogP contribution in [0.25, 0.3) is 0 Å². The average molecular weight is 385 g/mol. The van der Waals surface area contributed by atoms with Gasteiger partial charge >= 0.3 is 0 Å². The number of rotatable bonds is 6. The van der Waals surface area contributed by atoms with Crippen LogP contribution < -0.4 is 31.1 Å². The fourth-order valence-corrected chi connectivity index (χ4v) is 2.71. The Labute approximate surface area is 159 Å². The van der Waals surface area contributed by atoms with Crippen LogP contribution in [-0.4, -0.2) is 56.2 Å². The molecular weight excluding hydrogens is 358 g/mol. The van der Waals surface area contributed by atoms with Crippen molar-refractivity contribution in [1.82, 2.24) is 16.2 Å². The summed E-state index contributed by atoms with van der Waals surface area (Å²) in [5.74, 6) is 0.831. The summed E-state index contributed by atoms with van der Waals surface area (Å²) < 4.78 is 10.7. The zero-order chi connectivity index (χ0) is 17.9. The molecule has 0 spiro atoms. The van der Waals surface area contributed by atoms with Crippen molar-refractivity contribution in [2.75, 3.05) is 51.3 Å². The summed E-state index contributed by atoms with van der Waals surface area (Å²) in [5.41, 5.74) is 6.62. The van der Waals surface area contributed by atoms with E-state index in [1.165, 1.54) is 4.90 Å². The highest BCUT2D eigenvalue weighted by Gasteiger charge is 2.12. The predicted octanol–water partition coefficient (Wildman–Crippen LogP) is -0.334. The highest BCUT2D eigenvalue weighted by Crippen LogP contribution is 2.15. The Balaban J connectivity index is 1.59. The van der Waals surface area contributed by atoms with Crippen molar-refractivity contribution in [3.63, 3.8) is 0 Å². The maximum Gasteiger partial charge on any atom is 0.189 e. The van der Waals surface area contributed by atoms with E-state index in [0.29, 0.717) is 16.8 Å². The normalized spacial score (nSPS) is 14.4. The Morgan fingerprint density at radius 3 is 2.48 bits per heavy atom. The van der Waals surface area contributed by atoms with Crippen molar-refractivity contribution in [1.29, 1.82) is 0 Å². The topological polar surface area (TPSA) is 71.0 Å². The lowest BCUT2D eigenvalue weighted by Crippen LogP contribution is -3.14. The summed E-state index contributed by atoms with van der Waals surface area (Å²) in [5, 5.41) is 7.19. The summed E-state index contributed by atoms with van der Waals surface area (Å²) in [6, 6.07) is 7.59. The molecule has 1 aromatic rings. The van der Waals surface area contributed by atoms with Crippen LogP contribution in [0.15, 0.2) is 24.3 Å². The zero-order valence-electron chi connectivity index (χ0n) is 14.4. The minimum Gasteiger partial charge on any atom is -0.494 e. The Morgan fingerprint density at radius 1 is 1.12 bits per heavy atom. The molecule has 0 aliphatic carbocycles. The Bertz CT molecular complexity index is 550. The molecule has 0 atom stereocenters. The third-order valence-electron chi connectivity index (χ3n) is 3.68. The van der Waals surface area contributed by atoms with Gasteiger partial charge in [0, 0.05) is 5.69 Å². The first-order valence-corrected chi connectivity index (χ1v) is 9.24. The van der Waals surface area contributed by atoms with Crippen LogP contribution >= 0.6 is 24.4 Å². The van der Waals surface area contributed by atoms with Gasteiger partial charge in [-0.25, -0.2) is 0 Å². The highest BCUT2D eigenvalue weighted by atomic mass is 32.1. The second-order valence-corrected chi connectivity index (χ2v) is 6.35. The van der Waals surface area contributed by atoms with Crippen molar-refractivity contribution in [3.8, 4) is 5.75 Å². The van der Waals surface area contributed by atoms with E-state index >= 15 is 0 Å². The summed E-state index contributed by atoms with van der Waals surface area (Å²) in [7, 11) is 0. The zero-order valence-corrected chi connectivity index (χ0v) is 16.0. The maximum atomic E-state index is 5.40. The quantitative estimate of drug-likeness (QED) is 0.337. The van der Waals surface area contributed by atoms with E-state index in [1.807, 2.05) is 31.2 Å². The van der Waals surface area contributed by atoms with Gasteiger partial charge in [-0.3, -0.25) is 10.9 Å². The van der Waals surface area contributed by atoms with Crippen LogP contribution in [0.4, 0.5) is 5.69 Å². The van der Waals surface area contributed by atoms with Crippen LogP contribution in [-0.2, 0) is 4.74 Å². The summed E-state index contributed by atoms with van der Waals surface area (Å²) in [6.07, 6.45) is 0. The lowest BCUT2D eigenvalue weighted by atomic mass is 10.3. The van der Waals surface area contributed by atoms with Crippen LogP contribution in [0, 0.1) is 0 Å². The van der Waals surface area contributed by atoms with E-state index in [4.69, 9.17) is 33.9 Å². The first kappa shape index (κ1) is 19.6. The fourth-order valence-electron chi connectivity index (χ4n) is 2.38. The Morgan fingerprint density at radius 2 is 1.80 bits per heavy atom. The molecule has 1 aliphatic rings. The van der Waals surface area contributed by atoms with Crippen molar-refractivity contribution in [2.24, 2.45) is 0 Å². The second kappa shape index (κ2) is 11.0. The van der Waals surface area contributed by atoms with Gasteiger partial charge in [0.1, 0.15) is 18.8 Å². The molecule has 0 unspecified atom stereocenters. The molecule has 1 aliphatic heterocycles. The molecule has 2 rings (SSSR count). The average Bonchev–Trinajstić information content (AvgIpc) is 2.63. The van der Waals surface area contributed by atoms with Gasteiger partial charge in [0.2, 0.25) is 0 Å². The summed E-state index contributed by atoms with van der Waals surface area (Å²) >= 11 is 10.5. The van der Waals surface area contributed by atoms with E-state index in [-0.39, 0.29) is 0 Å². The van der Waals surface area contributed by atoms with Gasteiger partial charge in [-0.05, 0) is 55.6 Å². The molecule has 1 aromatic carbocycles. The van der Waals surface area contributed by atoms with Gasteiger partial charge in [0.15, 0.2) is 10.2 Å². The monoisotopic (exact) mass is 384 g/mol. The van der Waals surface area contributed by atoms with E-state index in [9.17, 15) is 0 Å². The maximum absolute atomic E-state index is 5.40. The van der Waals surface area contributed by atoms with Crippen LogP contribution in [0.5, 0.6) is 5.75 Å². The van der Waals surface area contributed by atoms with E-state index in [2.05, 4.69) is 21.5 Å². The fraction of sp³-hybridized carbons (Fsp3) is 0.500. The molecule has 5 N–H and O–H groups in total. The van der Waals surface area contributed by atoms with Crippen LogP contribution in [0.1, 0.15) is 6.92 Å². The number of benzene rings is 1. The van der Waals surface area contributed by atoms with Gasteiger partial charge in [0.25, 0.3) is 0 Å². The molecular formula is C16H26N5O2S2+. The third kappa shape index (κ3) is 7.82. The van der Waals surface area contributed by atoms with E-state index in [1.54, 1.807) is 0 Å². The van der Waals surface area contributed by atoms with Crippen molar-refractivity contribution < 1.29 is 14.4 Å². The lowest BCUT2D eigenvalue weighted by Gasteiger charge is -2.24. The third-order valence-corrected chi connectivity index (χ3v) is 4.13. The number of hydrazine groups is 1. The van der Waals surface area contributed by atoms with E-state index < -0.39 is 0 Å². The molecule has 7 nitrogen and oxygen atoms in total. The van der Waals surface area contributed by atoms with Crippen LogP contribution in [0.3, 0.4) is 0 Å². The second-order valence-electron chi connectivity index (χ2n) is 5.53. The molecule has 1 saturated heterocycles. The number of nitrogens with one attached hydrogen (secondary N) is 5. The molecule has 0 bridgehead atoms. The molecule has 9 heteroatoms. The standard InChI is InChI=1S/C16H25N5O2S2/c1-2-23-14-5-3-13(4-6-14)18-16(25)20-19-15(24)17-7-8-21-9-11-22-12-10-21/h3-6H,2,7-12H2,1H3,(H2,17,19,24)(H2,18,20,25)/p+1. The van der Waals surface area contributed by atoms with Crippen LogP contribution in [0.2, 0.25) is 0 Å².